The molecule has 4 heteroatoms. The summed E-state index contributed by atoms with van der Waals surface area (Å²) in [6, 6.07) is 6.38. The largest absolute Gasteiger partial charge is 0.385 e. The van der Waals surface area contributed by atoms with E-state index in [1.807, 2.05) is 4.90 Å². The van der Waals surface area contributed by atoms with Crippen molar-refractivity contribution in [3.63, 3.8) is 0 Å². The number of carbonyl (C=O) groups excluding carboxylic acids is 1. The molecular formula is C15H22N2O2. The summed E-state index contributed by atoms with van der Waals surface area (Å²) >= 11 is 0. The molecule has 1 aromatic carbocycles. The van der Waals surface area contributed by atoms with Crippen LogP contribution in [0, 0.1) is 13.8 Å². The summed E-state index contributed by atoms with van der Waals surface area (Å²) in [4.78, 5) is 13.9. The number of rotatable bonds is 5. The van der Waals surface area contributed by atoms with Crippen molar-refractivity contribution >= 4 is 5.91 Å². The first-order valence-corrected chi connectivity index (χ1v) is 6.72. The van der Waals surface area contributed by atoms with Gasteiger partial charge in [-0.3, -0.25) is 10.1 Å². The number of methoxy groups -OCH3 is 1. The molecule has 1 saturated heterocycles. The molecule has 1 N–H and O–H groups in total. The fraction of sp³-hybridized carbons (Fsp3) is 0.533. The first-order valence-electron chi connectivity index (χ1n) is 6.72. The molecule has 0 spiro atoms. The minimum atomic E-state index is 0.00394. The van der Waals surface area contributed by atoms with E-state index in [1.165, 1.54) is 16.7 Å². The lowest BCUT2D eigenvalue weighted by molar-refractivity contribution is -0.128. The van der Waals surface area contributed by atoms with Gasteiger partial charge >= 0.3 is 0 Å². The number of carbonyl (C=O) groups is 1. The number of nitrogens with zero attached hydrogens (tertiary/aromatic N) is 1. The van der Waals surface area contributed by atoms with E-state index in [9.17, 15) is 4.79 Å². The molecule has 1 heterocycles. The Kier molecular flexibility index (Phi) is 4.56. The Hall–Kier alpha value is -1.39. The van der Waals surface area contributed by atoms with Gasteiger partial charge in [-0.1, -0.05) is 23.8 Å². The highest BCUT2D eigenvalue weighted by atomic mass is 16.5. The smallest absolute Gasteiger partial charge is 0.238 e. The molecule has 4 nitrogen and oxygen atoms in total. The van der Waals surface area contributed by atoms with Crippen LogP contribution in [0.1, 0.15) is 29.3 Å². The summed E-state index contributed by atoms with van der Waals surface area (Å²) in [6.45, 7) is 6.01. The van der Waals surface area contributed by atoms with Crippen molar-refractivity contribution in [1.82, 2.24) is 10.2 Å². The zero-order valence-electron chi connectivity index (χ0n) is 11.9. The summed E-state index contributed by atoms with van der Waals surface area (Å²) in [5, 5.41) is 3.30. The van der Waals surface area contributed by atoms with E-state index in [-0.39, 0.29) is 12.1 Å². The average Bonchev–Trinajstić information content (AvgIpc) is 2.75. The third kappa shape index (κ3) is 3.14. The number of ether oxygens (including phenoxy) is 1. The van der Waals surface area contributed by atoms with Crippen LogP contribution in [-0.4, -0.2) is 37.6 Å². The normalized spacial score (nSPS) is 19.2. The zero-order chi connectivity index (χ0) is 13.8. The van der Waals surface area contributed by atoms with Crippen molar-refractivity contribution < 1.29 is 9.53 Å². The third-order valence-electron chi connectivity index (χ3n) is 3.56. The van der Waals surface area contributed by atoms with Gasteiger partial charge in [-0.05, 0) is 31.4 Å². The highest BCUT2D eigenvalue weighted by molar-refractivity contribution is 5.81. The van der Waals surface area contributed by atoms with Crippen LogP contribution in [0.25, 0.3) is 0 Å². The monoisotopic (exact) mass is 262 g/mol. The van der Waals surface area contributed by atoms with Crippen LogP contribution in [0.2, 0.25) is 0 Å². The topological polar surface area (TPSA) is 41.6 Å². The quantitative estimate of drug-likeness (QED) is 0.822. The van der Waals surface area contributed by atoms with Gasteiger partial charge in [0.2, 0.25) is 5.91 Å². The highest BCUT2D eigenvalue weighted by Crippen LogP contribution is 2.26. The maximum atomic E-state index is 12.0. The first-order chi connectivity index (χ1) is 9.13. The molecule has 0 saturated carbocycles. The lowest BCUT2D eigenvalue weighted by Gasteiger charge is -2.26. The molecule has 1 amide bonds. The van der Waals surface area contributed by atoms with Crippen molar-refractivity contribution in [2.75, 3.05) is 26.8 Å². The molecule has 0 aromatic heterocycles. The minimum Gasteiger partial charge on any atom is -0.385 e. The second kappa shape index (κ2) is 6.17. The molecule has 2 rings (SSSR count). The maximum Gasteiger partial charge on any atom is 0.238 e. The van der Waals surface area contributed by atoms with E-state index >= 15 is 0 Å². The summed E-state index contributed by atoms with van der Waals surface area (Å²) in [5.41, 5.74) is 3.64. The molecule has 1 aliphatic rings. The Bertz CT molecular complexity index is 459. The summed E-state index contributed by atoms with van der Waals surface area (Å²) < 4.78 is 5.06. The Labute approximate surface area is 114 Å². The van der Waals surface area contributed by atoms with Gasteiger partial charge in [-0.25, -0.2) is 0 Å². The van der Waals surface area contributed by atoms with E-state index in [1.54, 1.807) is 7.11 Å². The van der Waals surface area contributed by atoms with Crippen molar-refractivity contribution in [1.29, 1.82) is 0 Å². The molecule has 1 unspecified atom stereocenters. The Morgan fingerprint density at radius 1 is 1.42 bits per heavy atom. The molecule has 1 aromatic rings. The minimum absolute atomic E-state index is 0.00394. The van der Waals surface area contributed by atoms with Crippen LogP contribution in [0.15, 0.2) is 18.2 Å². The number of hydrogen-bond donors (Lipinski definition) is 1. The molecule has 0 bridgehead atoms. The lowest BCUT2D eigenvalue weighted by atomic mass is 10.0. The van der Waals surface area contributed by atoms with E-state index < -0.39 is 0 Å². The molecule has 1 atom stereocenters. The second-order valence-electron chi connectivity index (χ2n) is 5.08. The van der Waals surface area contributed by atoms with Gasteiger partial charge in [0.05, 0.1) is 6.54 Å². The van der Waals surface area contributed by atoms with E-state index in [2.05, 4.69) is 37.4 Å². The number of hydrogen-bond acceptors (Lipinski definition) is 3. The SMILES string of the molecule is COCCCN1C(=O)CNC1c1cc(C)ccc1C. The highest BCUT2D eigenvalue weighted by Gasteiger charge is 2.31. The predicted octanol–water partition coefficient (Wildman–Crippen LogP) is 1.77. The van der Waals surface area contributed by atoms with Gasteiger partial charge in [-0.15, -0.1) is 0 Å². The first kappa shape index (κ1) is 14.0. The van der Waals surface area contributed by atoms with Gasteiger partial charge in [0, 0.05) is 20.3 Å². The molecule has 0 aliphatic carbocycles. The fourth-order valence-electron chi connectivity index (χ4n) is 2.51. The van der Waals surface area contributed by atoms with Gasteiger partial charge in [0.25, 0.3) is 0 Å². The van der Waals surface area contributed by atoms with E-state index in [0.717, 1.165) is 13.0 Å². The van der Waals surface area contributed by atoms with Crippen molar-refractivity contribution in [3.8, 4) is 0 Å². The van der Waals surface area contributed by atoms with Crippen LogP contribution in [0.5, 0.6) is 0 Å². The molecule has 1 aliphatic heterocycles. The third-order valence-corrected chi connectivity index (χ3v) is 3.56. The Morgan fingerprint density at radius 3 is 2.95 bits per heavy atom. The molecule has 1 fully saturated rings. The summed E-state index contributed by atoms with van der Waals surface area (Å²) in [6.07, 6.45) is 0.870. The summed E-state index contributed by atoms with van der Waals surface area (Å²) in [5.74, 6) is 0.169. The fourth-order valence-corrected chi connectivity index (χ4v) is 2.51. The number of aryl methyl sites for hydroxylation is 2. The molecule has 104 valence electrons. The van der Waals surface area contributed by atoms with Gasteiger partial charge in [-0.2, -0.15) is 0 Å². The van der Waals surface area contributed by atoms with Crippen LogP contribution >= 0.6 is 0 Å². The lowest BCUT2D eigenvalue weighted by Crippen LogP contribution is -2.32. The Morgan fingerprint density at radius 2 is 2.21 bits per heavy atom. The maximum absolute atomic E-state index is 12.0. The van der Waals surface area contributed by atoms with Crippen LogP contribution in [0.3, 0.4) is 0 Å². The standard InChI is InChI=1S/C15H22N2O2/c1-11-5-6-12(2)13(9-11)15-16-10-14(18)17(15)7-4-8-19-3/h5-6,9,15-16H,4,7-8,10H2,1-3H3. The predicted molar refractivity (Wildman–Crippen MR) is 74.9 cm³/mol. The average molecular weight is 262 g/mol. The van der Waals surface area contributed by atoms with Crippen molar-refractivity contribution in [2.24, 2.45) is 0 Å². The van der Waals surface area contributed by atoms with E-state index in [4.69, 9.17) is 4.74 Å². The van der Waals surface area contributed by atoms with E-state index in [0.29, 0.717) is 13.2 Å². The number of amides is 1. The van der Waals surface area contributed by atoms with Gasteiger partial charge < -0.3 is 9.64 Å². The van der Waals surface area contributed by atoms with Crippen molar-refractivity contribution in [2.45, 2.75) is 26.4 Å². The van der Waals surface area contributed by atoms with Crippen LogP contribution in [0.4, 0.5) is 0 Å². The zero-order valence-corrected chi connectivity index (χ0v) is 11.9. The van der Waals surface area contributed by atoms with Gasteiger partial charge in [0.1, 0.15) is 6.17 Å². The Balaban J connectivity index is 2.17. The molecular weight excluding hydrogens is 240 g/mol. The van der Waals surface area contributed by atoms with Crippen LogP contribution < -0.4 is 5.32 Å². The van der Waals surface area contributed by atoms with Gasteiger partial charge in [0.15, 0.2) is 0 Å². The molecule has 0 radical (unpaired) electrons. The van der Waals surface area contributed by atoms with Crippen molar-refractivity contribution in [3.05, 3.63) is 34.9 Å². The summed E-state index contributed by atoms with van der Waals surface area (Å²) in [7, 11) is 1.69. The second-order valence-corrected chi connectivity index (χ2v) is 5.08. The number of nitrogens with one attached hydrogen (secondary N) is 1. The number of benzene rings is 1. The molecule has 19 heavy (non-hydrogen) atoms. The van der Waals surface area contributed by atoms with Crippen LogP contribution in [-0.2, 0) is 9.53 Å².